The van der Waals surface area contributed by atoms with Crippen molar-refractivity contribution in [2.24, 2.45) is 5.92 Å². The van der Waals surface area contributed by atoms with Gasteiger partial charge in [-0.2, -0.15) is 0 Å². The van der Waals surface area contributed by atoms with Crippen molar-refractivity contribution in [2.75, 3.05) is 41.0 Å². The molecule has 0 radical (unpaired) electrons. The van der Waals surface area contributed by atoms with E-state index in [1.54, 1.807) is 21.3 Å². The molecule has 0 aromatic heterocycles. The van der Waals surface area contributed by atoms with E-state index >= 15 is 0 Å². The maximum atomic E-state index is 11.6. The Morgan fingerprint density at radius 3 is 2.05 bits per heavy atom. The zero-order valence-corrected chi connectivity index (χ0v) is 23.0. The first-order valence-electron chi connectivity index (χ1n) is 13.2. The van der Waals surface area contributed by atoms with Crippen molar-refractivity contribution >= 4 is 5.97 Å². The Morgan fingerprint density at radius 2 is 1.49 bits per heavy atom. The zero-order chi connectivity index (χ0) is 27.8. The minimum Gasteiger partial charge on any atom is -0.493 e. The van der Waals surface area contributed by atoms with Crippen LogP contribution in [0.5, 0.6) is 28.7 Å². The fourth-order valence-corrected chi connectivity index (χ4v) is 5.10. The molecule has 3 aromatic carbocycles. The average molecular weight is 536 g/mol. The van der Waals surface area contributed by atoms with Crippen molar-refractivity contribution in [3.63, 3.8) is 0 Å². The second kappa shape index (κ2) is 13.2. The van der Waals surface area contributed by atoms with Gasteiger partial charge in [0, 0.05) is 0 Å². The minimum absolute atomic E-state index is 0.198. The first kappa shape index (κ1) is 28.1. The van der Waals surface area contributed by atoms with Crippen LogP contribution in [-0.2, 0) is 11.4 Å². The van der Waals surface area contributed by atoms with E-state index in [4.69, 9.17) is 23.7 Å². The largest absolute Gasteiger partial charge is 0.493 e. The lowest BCUT2D eigenvalue weighted by atomic mass is 9.91. The second-order valence-corrected chi connectivity index (χ2v) is 9.42. The van der Waals surface area contributed by atoms with Crippen LogP contribution in [0.4, 0.5) is 0 Å². The standard InChI is InChI=1S/C31H37NO7/c1-5-38-26-17-23(11-12-25(26)39-20-21-9-7-6-8-10-21)29(32-15-13-22(14-16-32)31(33)34)24-18-27(35-2)30(37-4)28(19-24)36-3/h6-12,17-19,22,29H,5,13-16,20H2,1-4H3,(H,33,34). The summed E-state index contributed by atoms with van der Waals surface area (Å²) in [6.45, 7) is 4.13. The van der Waals surface area contributed by atoms with Gasteiger partial charge in [-0.15, -0.1) is 0 Å². The lowest BCUT2D eigenvalue weighted by Crippen LogP contribution is -2.39. The molecular weight excluding hydrogens is 498 g/mol. The highest BCUT2D eigenvalue weighted by Crippen LogP contribution is 2.44. The smallest absolute Gasteiger partial charge is 0.306 e. The molecule has 1 atom stereocenters. The van der Waals surface area contributed by atoms with E-state index in [0.717, 1.165) is 16.7 Å². The van der Waals surface area contributed by atoms with E-state index in [9.17, 15) is 9.90 Å². The minimum atomic E-state index is -0.738. The van der Waals surface area contributed by atoms with Crippen LogP contribution in [0.2, 0.25) is 0 Å². The molecule has 208 valence electrons. The molecule has 4 rings (SSSR count). The van der Waals surface area contributed by atoms with Crippen molar-refractivity contribution < 1.29 is 33.6 Å². The Balaban J connectivity index is 1.74. The number of ether oxygens (including phenoxy) is 5. The van der Waals surface area contributed by atoms with Gasteiger partial charge in [0.05, 0.1) is 39.9 Å². The zero-order valence-electron chi connectivity index (χ0n) is 23.0. The Kier molecular flexibility index (Phi) is 9.54. The number of aliphatic carboxylic acids is 1. The van der Waals surface area contributed by atoms with E-state index in [2.05, 4.69) is 4.90 Å². The Morgan fingerprint density at radius 1 is 0.846 bits per heavy atom. The number of carboxylic acid groups (broad SMARTS) is 1. The van der Waals surface area contributed by atoms with Gasteiger partial charge in [-0.3, -0.25) is 9.69 Å². The van der Waals surface area contributed by atoms with Crippen molar-refractivity contribution in [2.45, 2.75) is 32.4 Å². The van der Waals surface area contributed by atoms with Gasteiger partial charge in [0.15, 0.2) is 23.0 Å². The molecule has 1 heterocycles. The molecule has 39 heavy (non-hydrogen) atoms. The number of benzene rings is 3. The first-order chi connectivity index (χ1) is 19.0. The maximum Gasteiger partial charge on any atom is 0.306 e. The van der Waals surface area contributed by atoms with Crippen LogP contribution >= 0.6 is 0 Å². The molecule has 3 aromatic rings. The number of hydrogen-bond donors (Lipinski definition) is 1. The summed E-state index contributed by atoms with van der Waals surface area (Å²) in [6, 6.07) is 19.7. The fourth-order valence-electron chi connectivity index (χ4n) is 5.10. The van der Waals surface area contributed by atoms with Crippen molar-refractivity contribution in [3.8, 4) is 28.7 Å². The Hall–Kier alpha value is -3.91. The van der Waals surface area contributed by atoms with Gasteiger partial charge in [-0.05, 0) is 73.8 Å². The highest BCUT2D eigenvalue weighted by Gasteiger charge is 2.32. The first-order valence-corrected chi connectivity index (χ1v) is 13.2. The summed E-state index contributed by atoms with van der Waals surface area (Å²) in [5, 5.41) is 9.55. The van der Waals surface area contributed by atoms with Gasteiger partial charge in [0.25, 0.3) is 0 Å². The molecule has 0 saturated carbocycles. The topological polar surface area (TPSA) is 86.7 Å². The fraction of sp³-hybridized carbons (Fsp3) is 0.387. The van der Waals surface area contributed by atoms with Crippen LogP contribution in [0.1, 0.15) is 42.5 Å². The van der Waals surface area contributed by atoms with E-state index < -0.39 is 5.97 Å². The summed E-state index contributed by atoms with van der Waals surface area (Å²) in [6.07, 6.45) is 1.15. The summed E-state index contributed by atoms with van der Waals surface area (Å²) in [4.78, 5) is 13.9. The van der Waals surface area contributed by atoms with Crippen LogP contribution in [0.15, 0.2) is 60.7 Å². The third-order valence-corrected chi connectivity index (χ3v) is 7.07. The van der Waals surface area contributed by atoms with Crippen LogP contribution in [-0.4, -0.2) is 57.0 Å². The van der Waals surface area contributed by atoms with Gasteiger partial charge in [0.1, 0.15) is 6.61 Å². The van der Waals surface area contributed by atoms with Crippen molar-refractivity contribution in [1.29, 1.82) is 0 Å². The molecule has 8 nitrogen and oxygen atoms in total. The van der Waals surface area contributed by atoms with Crippen molar-refractivity contribution in [1.82, 2.24) is 4.90 Å². The highest BCUT2D eigenvalue weighted by molar-refractivity contribution is 5.70. The van der Waals surface area contributed by atoms with Gasteiger partial charge >= 0.3 is 5.97 Å². The summed E-state index contributed by atoms with van der Waals surface area (Å²) in [5.74, 6) is 1.88. The van der Waals surface area contributed by atoms with Gasteiger partial charge < -0.3 is 28.8 Å². The monoisotopic (exact) mass is 535 g/mol. The van der Waals surface area contributed by atoms with Gasteiger partial charge in [-0.25, -0.2) is 0 Å². The Bertz CT molecular complexity index is 1210. The normalized spacial score (nSPS) is 14.9. The average Bonchev–Trinajstić information content (AvgIpc) is 2.97. The molecular formula is C31H37NO7. The maximum absolute atomic E-state index is 11.6. The predicted octanol–water partition coefficient (Wildman–Crippen LogP) is 5.58. The third kappa shape index (κ3) is 6.57. The molecule has 1 fully saturated rings. The number of carbonyl (C=O) groups is 1. The lowest BCUT2D eigenvalue weighted by Gasteiger charge is -2.37. The predicted molar refractivity (Wildman–Crippen MR) is 148 cm³/mol. The molecule has 1 N–H and O–H groups in total. The molecule has 0 amide bonds. The SMILES string of the molecule is CCOc1cc(C(c2cc(OC)c(OC)c(OC)c2)N2CCC(C(=O)O)CC2)ccc1OCc1ccccc1. The third-order valence-electron chi connectivity index (χ3n) is 7.07. The summed E-state index contributed by atoms with van der Waals surface area (Å²) < 4.78 is 29.0. The van der Waals surface area contributed by atoms with Crippen LogP contribution < -0.4 is 23.7 Å². The second-order valence-electron chi connectivity index (χ2n) is 9.42. The van der Waals surface area contributed by atoms with E-state index in [0.29, 0.717) is 67.9 Å². The molecule has 0 aliphatic carbocycles. The molecule has 1 aliphatic rings. The number of rotatable bonds is 12. The number of carboxylic acids is 1. The molecule has 1 saturated heterocycles. The summed E-state index contributed by atoms with van der Waals surface area (Å²) >= 11 is 0. The number of nitrogens with zero attached hydrogens (tertiary/aromatic N) is 1. The van der Waals surface area contributed by atoms with Crippen LogP contribution in [0, 0.1) is 5.92 Å². The van der Waals surface area contributed by atoms with Gasteiger partial charge in [-0.1, -0.05) is 36.4 Å². The molecule has 0 bridgehead atoms. The summed E-state index contributed by atoms with van der Waals surface area (Å²) in [5.41, 5.74) is 3.01. The summed E-state index contributed by atoms with van der Waals surface area (Å²) in [7, 11) is 4.78. The van der Waals surface area contributed by atoms with Crippen LogP contribution in [0.25, 0.3) is 0 Å². The molecule has 8 heteroatoms. The quantitative estimate of drug-likeness (QED) is 0.322. The number of piperidine rings is 1. The van der Waals surface area contributed by atoms with E-state index in [1.807, 2.05) is 67.6 Å². The van der Waals surface area contributed by atoms with E-state index in [-0.39, 0.29) is 12.0 Å². The van der Waals surface area contributed by atoms with E-state index in [1.165, 1.54) is 0 Å². The number of hydrogen-bond acceptors (Lipinski definition) is 7. The highest BCUT2D eigenvalue weighted by atomic mass is 16.5. The molecule has 1 unspecified atom stereocenters. The number of methoxy groups -OCH3 is 3. The van der Waals surface area contributed by atoms with Crippen molar-refractivity contribution in [3.05, 3.63) is 77.4 Å². The number of likely N-dealkylation sites (tertiary alicyclic amines) is 1. The molecule has 0 spiro atoms. The van der Waals surface area contributed by atoms with Crippen LogP contribution in [0.3, 0.4) is 0 Å². The lowest BCUT2D eigenvalue weighted by molar-refractivity contribution is -0.143. The molecule has 1 aliphatic heterocycles. The Labute approximate surface area is 230 Å². The van der Waals surface area contributed by atoms with Gasteiger partial charge in [0.2, 0.25) is 5.75 Å².